The van der Waals surface area contributed by atoms with Crippen molar-refractivity contribution in [1.82, 2.24) is 0 Å². The Hall–Kier alpha value is -1.22. The fourth-order valence-electron chi connectivity index (χ4n) is 1.36. The van der Waals surface area contributed by atoms with Gasteiger partial charge in [0.05, 0.1) is 4.88 Å². The van der Waals surface area contributed by atoms with Crippen LogP contribution < -0.4 is 0 Å². The Balaban J connectivity index is 2.82. The van der Waals surface area contributed by atoms with E-state index in [1.165, 1.54) is 23.5 Å². The van der Waals surface area contributed by atoms with E-state index >= 15 is 0 Å². The fourth-order valence-corrected chi connectivity index (χ4v) is 2.29. The number of benzene rings is 1. The Morgan fingerprint density at radius 1 is 1.38 bits per heavy atom. The molecule has 0 fully saturated rings. The molecule has 1 heterocycles. The van der Waals surface area contributed by atoms with Gasteiger partial charge in [-0.15, -0.1) is 11.3 Å². The molecule has 0 unspecified atom stereocenters. The molecule has 13 heavy (non-hydrogen) atoms. The zero-order valence-corrected chi connectivity index (χ0v) is 7.82. The van der Waals surface area contributed by atoms with Crippen LogP contribution in [0.25, 0.3) is 10.1 Å². The van der Waals surface area contributed by atoms with Gasteiger partial charge in [-0.3, -0.25) is 4.79 Å². The number of carbonyl (C=O) groups is 1. The number of hydrogen-bond donors (Lipinski definition) is 0. The summed E-state index contributed by atoms with van der Waals surface area (Å²) in [5.74, 6) is -0.250. The SMILES string of the molecule is Cc1cc(F)cc2cc(C=O)sc12. The first-order valence-corrected chi connectivity index (χ1v) is 4.67. The zero-order chi connectivity index (χ0) is 9.42. The van der Waals surface area contributed by atoms with Gasteiger partial charge in [0.15, 0.2) is 6.29 Å². The number of aldehydes is 1. The van der Waals surface area contributed by atoms with Gasteiger partial charge in [0.2, 0.25) is 0 Å². The van der Waals surface area contributed by atoms with Crippen molar-refractivity contribution < 1.29 is 9.18 Å². The summed E-state index contributed by atoms with van der Waals surface area (Å²) in [5.41, 5.74) is 0.883. The molecule has 0 radical (unpaired) electrons. The van der Waals surface area contributed by atoms with E-state index in [-0.39, 0.29) is 5.82 Å². The summed E-state index contributed by atoms with van der Waals surface area (Å²) >= 11 is 1.40. The third-order valence-electron chi connectivity index (χ3n) is 1.90. The van der Waals surface area contributed by atoms with Crippen LogP contribution >= 0.6 is 11.3 Å². The van der Waals surface area contributed by atoms with E-state index in [0.29, 0.717) is 4.88 Å². The molecule has 0 bridgehead atoms. The number of halogens is 1. The Morgan fingerprint density at radius 3 is 2.85 bits per heavy atom. The van der Waals surface area contributed by atoms with Crippen molar-refractivity contribution in [2.45, 2.75) is 6.92 Å². The molecule has 0 saturated carbocycles. The number of carbonyl (C=O) groups excluding carboxylic acids is 1. The summed E-state index contributed by atoms with van der Waals surface area (Å²) < 4.78 is 13.9. The molecule has 0 amide bonds. The topological polar surface area (TPSA) is 17.1 Å². The number of fused-ring (bicyclic) bond motifs is 1. The third-order valence-corrected chi connectivity index (χ3v) is 3.11. The standard InChI is InChI=1S/C10H7FOS/c1-6-2-8(11)3-7-4-9(5-12)13-10(6)7/h2-5H,1H3. The number of hydrogen-bond acceptors (Lipinski definition) is 2. The first-order chi connectivity index (χ1) is 6.20. The Kier molecular flexibility index (Phi) is 1.88. The van der Waals surface area contributed by atoms with Gasteiger partial charge >= 0.3 is 0 Å². The maximum Gasteiger partial charge on any atom is 0.160 e. The minimum Gasteiger partial charge on any atom is -0.297 e. The third kappa shape index (κ3) is 1.35. The largest absolute Gasteiger partial charge is 0.297 e. The van der Waals surface area contributed by atoms with Crippen LogP contribution in [0.4, 0.5) is 4.39 Å². The second-order valence-electron chi connectivity index (χ2n) is 2.91. The minimum atomic E-state index is -0.250. The molecule has 1 aromatic carbocycles. The molecule has 0 aliphatic carbocycles. The second-order valence-corrected chi connectivity index (χ2v) is 3.99. The van der Waals surface area contributed by atoms with Gasteiger partial charge in [-0.05, 0) is 36.1 Å². The first-order valence-electron chi connectivity index (χ1n) is 3.85. The molecule has 0 aliphatic heterocycles. The van der Waals surface area contributed by atoms with Crippen LogP contribution in [-0.4, -0.2) is 6.29 Å². The van der Waals surface area contributed by atoms with Crippen molar-refractivity contribution in [2.75, 3.05) is 0 Å². The van der Waals surface area contributed by atoms with Crippen molar-refractivity contribution in [3.05, 3.63) is 34.5 Å². The van der Waals surface area contributed by atoms with Gasteiger partial charge in [-0.2, -0.15) is 0 Å². The Bertz CT molecular complexity index is 473. The van der Waals surface area contributed by atoms with E-state index in [2.05, 4.69) is 0 Å². The van der Waals surface area contributed by atoms with E-state index in [0.717, 1.165) is 21.9 Å². The summed E-state index contributed by atoms with van der Waals surface area (Å²) in [5, 5.41) is 0.810. The smallest absolute Gasteiger partial charge is 0.160 e. The lowest BCUT2D eigenvalue weighted by Crippen LogP contribution is -1.76. The van der Waals surface area contributed by atoms with Crippen LogP contribution in [0.2, 0.25) is 0 Å². The van der Waals surface area contributed by atoms with Gasteiger partial charge < -0.3 is 0 Å². The highest BCUT2D eigenvalue weighted by atomic mass is 32.1. The van der Waals surface area contributed by atoms with Crippen LogP contribution in [0.1, 0.15) is 15.2 Å². The lowest BCUT2D eigenvalue weighted by Gasteiger charge is -1.94. The molecule has 0 N–H and O–H groups in total. The van der Waals surface area contributed by atoms with Gasteiger partial charge in [0.1, 0.15) is 5.82 Å². The van der Waals surface area contributed by atoms with Crippen molar-refractivity contribution in [3.8, 4) is 0 Å². The number of aryl methyl sites for hydroxylation is 1. The Labute approximate surface area is 78.8 Å². The predicted molar refractivity (Wildman–Crippen MR) is 51.9 cm³/mol. The van der Waals surface area contributed by atoms with E-state index < -0.39 is 0 Å². The molecular weight excluding hydrogens is 187 g/mol. The minimum absolute atomic E-state index is 0.250. The average molecular weight is 194 g/mol. The summed E-state index contributed by atoms with van der Waals surface area (Å²) in [7, 11) is 0. The van der Waals surface area contributed by atoms with Crippen LogP contribution in [0, 0.1) is 12.7 Å². The first kappa shape index (κ1) is 8.38. The van der Waals surface area contributed by atoms with E-state index in [1.54, 1.807) is 6.07 Å². The molecule has 0 atom stereocenters. The quantitative estimate of drug-likeness (QED) is 0.637. The fraction of sp³-hybridized carbons (Fsp3) is 0.100. The maximum absolute atomic E-state index is 12.9. The van der Waals surface area contributed by atoms with Gasteiger partial charge in [0.25, 0.3) is 0 Å². The van der Waals surface area contributed by atoms with Gasteiger partial charge in [-0.1, -0.05) is 0 Å². The van der Waals surface area contributed by atoms with Gasteiger partial charge in [-0.25, -0.2) is 4.39 Å². The number of thiophene rings is 1. The summed E-state index contributed by atoms with van der Waals surface area (Å²) in [6.07, 6.45) is 0.794. The van der Waals surface area contributed by atoms with E-state index in [9.17, 15) is 9.18 Å². The van der Waals surface area contributed by atoms with Crippen LogP contribution in [0.15, 0.2) is 18.2 Å². The van der Waals surface area contributed by atoms with Crippen molar-refractivity contribution in [3.63, 3.8) is 0 Å². The normalized spacial score (nSPS) is 10.6. The highest BCUT2D eigenvalue weighted by Crippen LogP contribution is 2.28. The molecular formula is C10H7FOS. The lowest BCUT2D eigenvalue weighted by molar-refractivity contribution is 0.112. The summed E-state index contributed by atoms with van der Waals surface area (Å²) in [6, 6.07) is 4.64. The molecule has 0 aliphatic rings. The molecule has 2 aromatic rings. The second kappa shape index (κ2) is 2.92. The average Bonchev–Trinajstić information content (AvgIpc) is 2.47. The molecule has 66 valence electrons. The van der Waals surface area contributed by atoms with Crippen molar-refractivity contribution in [2.24, 2.45) is 0 Å². The molecule has 2 rings (SSSR count). The van der Waals surface area contributed by atoms with Crippen LogP contribution in [-0.2, 0) is 0 Å². The van der Waals surface area contributed by atoms with Gasteiger partial charge in [0, 0.05) is 4.70 Å². The van der Waals surface area contributed by atoms with E-state index in [1.807, 2.05) is 6.92 Å². The summed E-state index contributed by atoms with van der Waals surface area (Å²) in [4.78, 5) is 11.1. The van der Waals surface area contributed by atoms with Crippen molar-refractivity contribution in [1.29, 1.82) is 0 Å². The highest BCUT2D eigenvalue weighted by Gasteiger charge is 2.05. The highest BCUT2D eigenvalue weighted by molar-refractivity contribution is 7.20. The Morgan fingerprint density at radius 2 is 2.15 bits per heavy atom. The molecule has 0 spiro atoms. The van der Waals surface area contributed by atoms with Crippen LogP contribution in [0.5, 0.6) is 0 Å². The maximum atomic E-state index is 12.9. The molecule has 3 heteroatoms. The zero-order valence-electron chi connectivity index (χ0n) is 7.00. The molecule has 1 nitrogen and oxygen atoms in total. The monoisotopic (exact) mass is 194 g/mol. The lowest BCUT2D eigenvalue weighted by atomic mass is 10.2. The molecule has 1 aromatic heterocycles. The van der Waals surface area contributed by atoms with Crippen molar-refractivity contribution >= 4 is 27.7 Å². The van der Waals surface area contributed by atoms with E-state index in [4.69, 9.17) is 0 Å². The number of rotatable bonds is 1. The predicted octanol–water partition coefficient (Wildman–Crippen LogP) is 3.16. The summed E-state index contributed by atoms with van der Waals surface area (Å²) in [6.45, 7) is 1.84. The van der Waals surface area contributed by atoms with Crippen LogP contribution in [0.3, 0.4) is 0 Å². The molecule has 0 saturated heterocycles.